The van der Waals surface area contributed by atoms with Crippen LogP contribution in [0.25, 0.3) is 6.08 Å². The van der Waals surface area contributed by atoms with Gasteiger partial charge in [0.1, 0.15) is 5.78 Å². The largest absolute Gasteiger partial charge is 0.504 e. The summed E-state index contributed by atoms with van der Waals surface area (Å²) in [6.45, 7) is 0.599. The maximum absolute atomic E-state index is 14.4. The summed E-state index contributed by atoms with van der Waals surface area (Å²) in [5.41, 5.74) is 1.51. The van der Waals surface area contributed by atoms with E-state index in [0.717, 1.165) is 41.5 Å². The van der Waals surface area contributed by atoms with Crippen LogP contribution in [0, 0.1) is 35.5 Å². The second kappa shape index (κ2) is 11.4. The van der Waals surface area contributed by atoms with E-state index in [-0.39, 0.29) is 71.0 Å². The average molecular weight is 646 g/mol. The van der Waals surface area contributed by atoms with E-state index in [0.29, 0.717) is 31.6 Å². The molecule has 8 atom stereocenters. The number of phenolic OH excluding ortho intramolecular Hbond substituents is 3. The summed E-state index contributed by atoms with van der Waals surface area (Å²) in [6.07, 6.45) is 9.24. The third kappa shape index (κ3) is 4.60. The Morgan fingerprint density at radius 3 is 2.58 bits per heavy atom. The molecule has 3 aromatic carbocycles. The van der Waals surface area contributed by atoms with Crippen molar-refractivity contribution in [3.8, 4) is 34.8 Å². The maximum Gasteiger partial charge on any atom is 0.160 e. The Morgan fingerprint density at radius 2 is 1.77 bits per heavy atom. The molecule has 1 saturated heterocycles. The zero-order valence-corrected chi connectivity index (χ0v) is 27.3. The van der Waals surface area contributed by atoms with Gasteiger partial charge in [0, 0.05) is 54.0 Å². The first-order valence-electron chi connectivity index (χ1n) is 17.3. The second-order valence-electron chi connectivity index (χ2n) is 14.8. The molecule has 0 unspecified atom stereocenters. The molecular formula is C41H43NO6. The molecule has 5 N–H and O–H groups in total. The zero-order chi connectivity index (χ0) is 33.3. The van der Waals surface area contributed by atoms with Gasteiger partial charge in [0.05, 0.1) is 12.7 Å². The number of ether oxygens (including phenoxy) is 1. The first kappa shape index (κ1) is 31.0. The van der Waals surface area contributed by atoms with Crippen LogP contribution in [0.2, 0.25) is 0 Å². The van der Waals surface area contributed by atoms with Crippen molar-refractivity contribution in [1.29, 1.82) is 0 Å². The molecule has 48 heavy (non-hydrogen) atoms. The minimum atomic E-state index is -1.31. The van der Waals surface area contributed by atoms with Crippen molar-refractivity contribution >= 4 is 11.9 Å². The molecule has 0 radical (unpaired) electrons. The molecule has 1 aliphatic heterocycles. The first-order chi connectivity index (χ1) is 23.2. The van der Waals surface area contributed by atoms with Crippen molar-refractivity contribution in [2.75, 3.05) is 13.7 Å². The number of piperidine rings is 1. The Morgan fingerprint density at radius 1 is 0.958 bits per heavy atom. The number of hydrogen-bond donors (Lipinski definition) is 5. The molecule has 1 heterocycles. The fraction of sp³-hybridized carbons (Fsp3) is 0.439. The molecular weight excluding hydrogens is 602 g/mol. The Hall–Kier alpha value is -4.25. The number of ketones is 1. The van der Waals surface area contributed by atoms with Crippen molar-refractivity contribution in [2.24, 2.45) is 23.7 Å². The fourth-order valence-corrected chi connectivity index (χ4v) is 10.7. The van der Waals surface area contributed by atoms with E-state index in [1.807, 2.05) is 36.4 Å². The minimum absolute atomic E-state index is 0.00928. The lowest BCUT2D eigenvalue weighted by Crippen LogP contribution is -2.80. The zero-order valence-electron chi connectivity index (χ0n) is 27.3. The Kier molecular flexibility index (Phi) is 7.39. The van der Waals surface area contributed by atoms with E-state index in [4.69, 9.17) is 4.74 Å². The summed E-state index contributed by atoms with van der Waals surface area (Å²) in [5, 5.41) is 48.9. The Bertz CT molecular complexity index is 1860. The van der Waals surface area contributed by atoms with Crippen LogP contribution in [-0.4, -0.2) is 51.0 Å². The van der Waals surface area contributed by atoms with Gasteiger partial charge in [-0.05, 0) is 84.5 Å². The summed E-state index contributed by atoms with van der Waals surface area (Å²) < 4.78 is 5.47. The molecule has 1 spiro atoms. The standard InChI is InChI=1S/C41H43NO6/c1-48-37-20-27(12-14-34(37)44)32-21-31(43)23-39(47)16-17-40-15-5-8-30-13-11-28-19-35(45)36(46)22-33(28)41(30,40)38(39)29(24-42-40)10-9-26(32)18-25-6-3-2-4-7-25/h2-4,6-7,11-14,19-20,22,26,29-30,32,38,42,44-47H,5,8,15-18,21,23-24H2,1H3/t26-,29-,30+,32+,38+,39-,40-,41-/m1/s1. The predicted octanol–water partition coefficient (Wildman–Crippen LogP) is 5.99. The van der Waals surface area contributed by atoms with Crippen molar-refractivity contribution < 1.29 is 30.0 Å². The van der Waals surface area contributed by atoms with Gasteiger partial charge in [-0.2, -0.15) is 0 Å². The minimum Gasteiger partial charge on any atom is -0.504 e. The molecule has 3 aromatic rings. The third-order valence-corrected chi connectivity index (χ3v) is 12.5. The normalized spacial score (nSPS) is 34.9. The van der Waals surface area contributed by atoms with Gasteiger partial charge in [0.2, 0.25) is 0 Å². The van der Waals surface area contributed by atoms with E-state index in [1.165, 1.54) is 7.11 Å². The number of Topliss-reactive ketones (excluding diaryl/α,β-unsaturated/α-hetero) is 1. The van der Waals surface area contributed by atoms with E-state index < -0.39 is 11.0 Å². The quantitative estimate of drug-likeness (QED) is 0.175. The molecule has 8 rings (SSSR count). The molecule has 2 bridgehead atoms. The van der Waals surface area contributed by atoms with Crippen LogP contribution in [0.5, 0.6) is 23.0 Å². The molecule has 3 fully saturated rings. The van der Waals surface area contributed by atoms with Crippen molar-refractivity contribution in [1.82, 2.24) is 5.32 Å². The number of phenols is 3. The number of carbonyl (C=O) groups is 1. The number of allylic oxidation sites excluding steroid dienone is 1. The SMILES string of the molecule is COc1cc([C@H]2CC(=O)C[C@]3(O)CC[C@]45CCC[C@H]6C=Cc7cc(O)c(O)cc7[C@@]64[C@H]3[C@H](C#C[C@@H]2Cc2ccccc2)CN5)ccc1O. The van der Waals surface area contributed by atoms with Gasteiger partial charge in [0.15, 0.2) is 23.0 Å². The summed E-state index contributed by atoms with van der Waals surface area (Å²) in [5.74, 6) is 6.44. The van der Waals surface area contributed by atoms with Gasteiger partial charge in [-0.3, -0.25) is 4.79 Å². The lowest BCUT2D eigenvalue weighted by atomic mass is 9.36. The Labute approximate surface area is 281 Å². The van der Waals surface area contributed by atoms with Gasteiger partial charge >= 0.3 is 0 Å². The van der Waals surface area contributed by atoms with Crippen LogP contribution >= 0.6 is 0 Å². The molecule has 2 saturated carbocycles. The fourth-order valence-electron chi connectivity index (χ4n) is 10.7. The second-order valence-corrected chi connectivity index (χ2v) is 14.8. The first-order valence-corrected chi connectivity index (χ1v) is 17.3. The van der Waals surface area contributed by atoms with Gasteiger partial charge in [-0.25, -0.2) is 0 Å². The van der Waals surface area contributed by atoms with E-state index in [2.05, 4.69) is 35.4 Å². The van der Waals surface area contributed by atoms with Gasteiger partial charge in [-0.15, -0.1) is 0 Å². The van der Waals surface area contributed by atoms with Crippen LogP contribution in [0.4, 0.5) is 0 Å². The van der Waals surface area contributed by atoms with Gasteiger partial charge in [-0.1, -0.05) is 66.8 Å². The van der Waals surface area contributed by atoms with Crippen molar-refractivity contribution in [3.63, 3.8) is 0 Å². The number of aliphatic hydroxyl groups is 1. The van der Waals surface area contributed by atoms with Crippen LogP contribution in [0.15, 0.2) is 66.7 Å². The molecule has 7 nitrogen and oxygen atoms in total. The number of rotatable bonds is 4. The highest BCUT2D eigenvalue weighted by Gasteiger charge is 2.72. The monoisotopic (exact) mass is 645 g/mol. The predicted molar refractivity (Wildman–Crippen MR) is 183 cm³/mol. The molecule has 7 heteroatoms. The molecule has 5 aliphatic rings. The smallest absolute Gasteiger partial charge is 0.160 e. The highest BCUT2D eigenvalue weighted by molar-refractivity contribution is 5.81. The summed E-state index contributed by atoms with van der Waals surface area (Å²) in [7, 11) is 1.52. The van der Waals surface area contributed by atoms with Crippen LogP contribution in [0.1, 0.15) is 73.1 Å². The van der Waals surface area contributed by atoms with E-state index >= 15 is 0 Å². The number of hydrogen-bond acceptors (Lipinski definition) is 7. The molecule has 0 aromatic heterocycles. The number of carbonyl (C=O) groups excluding carboxylic acids is 1. The van der Waals surface area contributed by atoms with Crippen LogP contribution in [-0.2, 0) is 16.6 Å². The number of benzene rings is 3. The Balaban J connectivity index is 1.32. The van der Waals surface area contributed by atoms with Crippen molar-refractivity contribution in [3.05, 3.63) is 89.0 Å². The van der Waals surface area contributed by atoms with Crippen LogP contribution in [0.3, 0.4) is 0 Å². The van der Waals surface area contributed by atoms with Crippen molar-refractivity contribution in [2.45, 2.75) is 73.8 Å². The number of nitrogens with one attached hydrogen (secondary N) is 1. The number of aromatic hydroxyl groups is 3. The van der Waals surface area contributed by atoms with Gasteiger partial charge < -0.3 is 30.5 Å². The summed E-state index contributed by atoms with van der Waals surface area (Å²) >= 11 is 0. The lowest BCUT2D eigenvalue weighted by molar-refractivity contribution is -0.186. The molecule has 0 amide bonds. The van der Waals surface area contributed by atoms with Gasteiger partial charge in [0.25, 0.3) is 0 Å². The number of methoxy groups -OCH3 is 1. The third-order valence-electron chi connectivity index (χ3n) is 12.5. The average Bonchev–Trinajstić information content (AvgIpc) is 3.08. The number of fused-ring (bicyclic) bond motifs is 1. The van der Waals surface area contributed by atoms with Crippen LogP contribution < -0.4 is 10.1 Å². The lowest BCUT2D eigenvalue weighted by Gasteiger charge is -2.71. The molecule has 4 aliphatic carbocycles. The highest BCUT2D eigenvalue weighted by atomic mass is 16.5. The summed E-state index contributed by atoms with van der Waals surface area (Å²) in [4.78, 5) is 14.4. The maximum atomic E-state index is 14.4. The van der Waals surface area contributed by atoms with E-state index in [1.54, 1.807) is 18.2 Å². The summed E-state index contributed by atoms with van der Waals surface area (Å²) in [6, 6.07) is 18.8. The topological polar surface area (TPSA) is 119 Å². The van der Waals surface area contributed by atoms with E-state index in [9.17, 15) is 25.2 Å². The molecule has 248 valence electrons. The highest BCUT2D eigenvalue weighted by Crippen LogP contribution is 2.68.